The van der Waals surface area contributed by atoms with Crippen molar-refractivity contribution in [2.45, 2.75) is 0 Å². The summed E-state index contributed by atoms with van der Waals surface area (Å²) in [5, 5.41) is 0. The monoisotopic (exact) mass is 146 g/mol. The van der Waals surface area contributed by atoms with Crippen molar-refractivity contribution in [2.24, 2.45) is 5.73 Å². The molecule has 11 heavy (non-hydrogen) atoms. The number of nitrogens with zero attached hydrogens (tertiary/aromatic N) is 1. The van der Waals surface area contributed by atoms with Gasteiger partial charge in [-0.2, -0.15) is 0 Å². The summed E-state index contributed by atoms with van der Waals surface area (Å²) in [6, 6.07) is 3.16. The third-order valence-corrected chi connectivity index (χ3v) is 1.21. The lowest BCUT2D eigenvalue weighted by Crippen LogP contribution is -2.13. The van der Waals surface area contributed by atoms with Crippen LogP contribution in [0.3, 0.4) is 0 Å². The zero-order valence-corrected chi connectivity index (χ0v) is 5.74. The maximum Gasteiger partial charge on any atom is 0.251 e. The number of pyridine rings is 1. The minimum atomic E-state index is -0.550. The lowest BCUT2D eigenvalue weighted by Gasteiger charge is -1.95. The zero-order valence-electron chi connectivity index (χ0n) is 5.74. The van der Waals surface area contributed by atoms with E-state index in [0.29, 0.717) is 5.69 Å². The van der Waals surface area contributed by atoms with Crippen molar-refractivity contribution >= 4 is 5.91 Å². The number of primary amides is 1. The Kier molecular flexibility index (Phi) is 1.88. The molecule has 1 amide bonds. The van der Waals surface area contributed by atoms with Crippen molar-refractivity contribution in [3.8, 4) is 12.3 Å². The molecule has 0 aliphatic rings. The third-order valence-electron chi connectivity index (χ3n) is 1.21. The highest BCUT2D eigenvalue weighted by Gasteiger charge is 2.04. The van der Waals surface area contributed by atoms with Crippen molar-refractivity contribution in [3.63, 3.8) is 0 Å². The van der Waals surface area contributed by atoms with Crippen LogP contribution < -0.4 is 5.73 Å². The summed E-state index contributed by atoms with van der Waals surface area (Å²) in [7, 11) is 0. The van der Waals surface area contributed by atoms with E-state index in [0.717, 1.165) is 0 Å². The Hall–Kier alpha value is -1.82. The van der Waals surface area contributed by atoms with E-state index in [1.54, 1.807) is 12.1 Å². The van der Waals surface area contributed by atoms with Gasteiger partial charge >= 0.3 is 0 Å². The second-order valence-electron chi connectivity index (χ2n) is 1.91. The van der Waals surface area contributed by atoms with Gasteiger partial charge in [0.25, 0.3) is 5.91 Å². The van der Waals surface area contributed by atoms with Crippen molar-refractivity contribution in [1.82, 2.24) is 4.98 Å². The molecule has 0 spiro atoms. The van der Waals surface area contributed by atoms with E-state index in [9.17, 15) is 4.79 Å². The summed E-state index contributed by atoms with van der Waals surface area (Å²) in [5.41, 5.74) is 5.59. The van der Waals surface area contributed by atoms with Crippen molar-refractivity contribution in [1.29, 1.82) is 0 Å². The Morgan fingerprint density at radius 3 is 2.91 bits per heavy atom. The number of rotatable bonds is 1. The smallest absolute Gasteiger partial charge is 0.251 e. The van der Waals surface area contributed by atoms with Crippen LogP contribution in [-0.4, -0.2) is 10.9 Å². The fraction of sp³-hybridized carbons (Fsp3) is 0. The number of hydrogen-bond donors (Lipinski definition) is 1. The molecule has 0 radical (unpaired) electrons. The van der Waals surface area contributed by atoms with Gasteiger partial charge in [-0.3, -0.25) is 4.79 Å². The van der Waals surface area contributed by atoms with Crippen molar-refractivity contribution in [2.75, 3.05) is 0 Å². The molecule has 0 fully saturated rings. The summed E-state index contributed by atoms with van der Waals surface area (Å²) in [5.74, 6) is 1.72. The van der Waals surface area contributed by atoms with E-state index < -0.39 is 5.91 Å². The molecular weight excluding hydrogens is 140 g/mol. The van der Waals surface area contributed by atoms with Crippen LogP contribution in [0.2, 0.25) is 0 Å². The summed E-state index contributed by atoms with van der Waals surface area (Å²) < 4.78 is 0. The molecule has 1 rings (SSSR count). The second kappa shape index (κ2) is 2.84. The Morgan fingerprint density at radius 2 is 2.45 bits per heavy atom. The third kappa shape index (κ3) is 1.36. The molecule has 0 atom stereocenters. The molecule has 0 saturated heterocycles. The van der Waals surface area contributed by atoms with Crippen LogP contribution in [0.4, 0.5) is 0 Å². The molecule has 0 bridgehead atoms. The molecule has 3 nitrogen and oxygen atoms in total. The summed E-state index contributed by atoms with van der Waals surface area (Å²) in [6.45, 7) is 0. The van der Waals surface area contributed by atoms with Crippen LogP contribution in [0.5, 0.6) is 0 Å². The van der Waals surface area contributed by atoms with Crippen molar-refractivity contribution < 1.29 is 4.79 Å². The minimum absolute atomic E-state index is 0.287. The fourth-order valence-electron chi connectivity index (χ4n) is 0.719. The molecule has 1 aromatic heterocycles. The summed E-state index contributed by atoms with van der Waals surface area (Å²) in [6.07, 6.45) is 6.58. The lowest BCUT2D eigenvalue weighted by molar-refractivity contribution is 0.0999. The molecule has 0 aliphatic carbocycles. The number of nitrogens with two attached hydrogens (primary N) is 1. The zero-order chi connectivity index (χ0) is 8.27. The number of carbonyl (C=O) groups excluding carboxylic acids is 1. The van der Waals surface area contributed by atoms with E-state index in [-0.39, 0.29) is 5.56 Å². The second-order valence-corrected chi connectivity index (χ2v) is 1.91. The van der Waals surface area contributed by atoms with Crippen LogP contribution in [-0.2, 0) is 0 Å². The van der Waals surface area contributed by atoms with Crippen LogP contribution in [0.15, 0.2) is 18.3 Å². The number of amides is 1. The predicted octanol–water partition coefficient (Wildman–Crippen LogP) is 0.162. The largest absolute Gasteiger partial charge is 0.366 e. The standard InChI is InChI=1S/C8H6N2O/c1-2-7-6(8(9)11)4-3-5-10-7/h1,3-5H,(H2,9,11). The number of aromatic nitrogens is 1. The molecule has 54 valence electrons. The van der Waals surface area contributed by atoms with E-state index in [1.807, 2.05) is 0 Å². The predicted molar refractivity (Wildman–Crippen MR) is 40.7 cm³/mol. The van der Waals surface area contributed by atoms with Crippen LogP contribution in [0, 0.1) is 12.3 Å². The Labute approximate surface area is 64.2 Å². The van der Waals surface area contributed by atoms with Crippen molar-refractivity contribution in [3.05, 3.63) is 29.6 Å². The van der Waals surface area contributed by atoms with Gasteiger partial charge in [-0.25, -0.2) is 4.98 Å². The van der Waals surface area contributed by atoms with E-state index in [4.69, 9.17) is 12.2 Å². The minimum Gasteiger partial charge on any atom is -0.366 e. The Bertz CT molecular complexity index is 325. The lowest BCUT2D eigenvalue weighted by atomic mass is 10.2. The number of terminal acetylenes is 1. The Balaban J connectivity index is 3.26. The first-order valence-electron chi connectivity index (χ1n) is 2.97. The van der Waals surface area contributed by atoms with Gasteiger partial charge in [0.05, 0.1) is 5.56 Å². The fourth-order valence-corrected chi connectivity index (χ4v) is 0.719. The van der Waals surface area contributed by atoms with Gasteiger partial charge in [-0.1, -0.05) is 0 Å². The summed E-state index contributed by atoms with van der Waals surface area (Å²) >= 11 is 0. The topological polar surface area (TPSA) is 56.0 Å². The van der Waals surface area contributed by atoms with Gasteiger partial charge in [0, 0.05) is 6.20 Å². The van der Waals surface area contributed by atoms with Gasteiger partial charge < -0.3 is 5.73 Å². The van der Waals surface area contributed by atoms with E-state index in [2.05, 4.69) is 10.9 Å². The molecule has 0 aromatic carbocycles. The van der Waals surface area contributed by atoms with Gasteiger partial charge in [0.1, 0.15) is 5.69 Å². The molecule has 0 unspecified atom stereocenters. The summed E-state index contributed by atoms with van der Waals surface area (Å²) in [4.78, 5) is 14.4. The molecule has 1 aromatic rings. The maximum atomic E-state index is 10.7. The van der Waals surface area contributed by atoms with Crippen LogP contribution >= 0.6 is 0 Å². The quantitative estimate of drug-likeness (QED) is 0.574. The molecular formula is C8H6N2O. The van der Waals surface area contributed by atoms with Gasteiger partial charge in [0.15, 0.2) is 0 Å². The first-order chi connectivity index (χ1) is 5.25. The highest BCUT2D eigenvalue weighted by Crippen LogP contribution is 2.01. The normalized spacial score (nSPS) is 8.64. The first-order valence-corrected chi connectivity index (χ1v) is 2.97. The molecule has 3 heteroatoms. The van der Waals surface area contributed by atoms with Crippen LogP contribution in [0.1, 0.15) is 16.1 Å². The maximum absolute atomic E-state index is 10.7. The van der Waals surface area contributed by atoms with Gasteiger partial charge in [-0.05, 0) is 18.1 Å². The highest BCUT2D eigenvalue weighted by atomic mass is 16.1. The number of carbonyl (C=O) groups is 1. The average Bonchev–Trinajstić information content (AvgIpc) is 2.04. The van der Waals surface area contributed by atoms with Gasteiger partial charge in [0.2, 0.25) is 0 Å². The SMILES string of the molecule is C#Cc1ncccc1C(N)=O. The molecule has 2 N–H and O–H groups in total. The number of hydrogen-bond acceptors (Lipinski definition) is 2. The average molecular weight is 146 g/mol. The molecule has 1 heterocycles. The van der Waals surface area contributed by atoms with E-state index >= 15 is 0 Å². The highest BCUT2D eigenvalue weighted by molar-refractivity contribution is 5.94. The van der Waals surface area contributed by atoms with E-state index in [1.165, 1.54) is 6.20 Å². The first kappa shape index (κ1) is 7.29. The van der Waals surface area contributed by atoms with Gasteiger partial charge in [-0.15, -0.1) is 6.42 Å². The molecule has 0 aliphatic heterocycles. The van der Waals surface area contributed by atoms with Crippen LogP contribution in [0.25, 0.3) is 0 Å². The Morgan fingerprint density at radius 1 is 1.73 bits per heavy atom. The molecule has 0 saturated carbocycles.